The van der Waals surface area contributed by atoms with Crippen LogP contribution < -0.4 is 10.2 Å². The normalized spacial score (nSPS) is 11.5. The Hall–Kier alpha value is -1.53. The van der Waals surface area contributed by atoms with Crippen LogP contribution in [0.25, 0.3) is 0 Å². The van der Waals surface area contributed by atoms with Crippen molar-refractivity contribution in [3.05, 3.63) is 11.9 Å². The molecule has 7 heteroatoms. The van der Waals surface area contributed by atoms with Crippen LogP contribution in [0.1, 0.15) is 32.5 Å². The Bertz CT molecular complexity index is 406. The molecule has 0 aliphatic heterocycles. The van der Waals surface area contributed by atoms with E-state index < -0.39 is 12.0 Å². The van der Waals surface area contributed by atoms with Crippen molar-refractivity contribution in [2.45, 2.75) is 32.9 Å². The highest BCUT2D eigenvalue weighted by Gasteiger charge is 2.35. The number of rotatable bonds is 6. The molecular formula is C12H19F3N4. The van der Waals surface area contributed by atoms with Crippen LogP contribution in [0.15, 0.2) is 6.07 Å². The summed E-state index contributed by atoms with van der Waals surface area (Å²) in [6, 6.07) is 1.54. The van der Waals surface area contributed by atoms with E-state index >= 15 is 0 Å². The number of nitrogens with zero attached hydrogens (tertiary/aromatic N) is 3. The first-order chi connectivity index (χ1) is 8.92. The molecule has 1 N–H and O–H groups in total. The van der Waals surface area contributed by atoms with E-state index in [-0.39, 0.29) is 5.82 Å². The second kappa shape index (κ2) is 6.58. The molecule has 0 fully saturated rings. The topological polar surface area (TPSA) is 41.0 Å². The summed E-state index contributed by atoms with van der Waals surface area (Å²) < 4.78 is 38.2. The van der Waals surface area contributed by atoms with Gasteiger partial charge in [-0.1, -0.05) is 13.3 Å². The summed E-state index contributed by atoms with van der Waals surface area (Å²) in [5.74, 6) is -0.626. The molecule has 108 valence electrons. The van der Waals surface area contributed by atoms with E-state index in [0.29, 0.717) is 18.9 Å². The third kappa shape index (κ3) is 4.25. The highest BCUT2D eigenvalue weighted by molar-refractivity contribution is 5.49. The first-order valence-electron chi connectivity index (χ1n) is 6.31. The number of unbranched alkanes of at least 4 members (excludes halogenated alkanes) is 1. The Morgan fingerprint density at radius 2 is 1.95 bits per heavy atom. The number of halogens is 3. The number of hydrogen-bond donors (Lipinski definition) is 1. The Kier molecular flexibility index (Phi) is 5.38. The molecule has 0 unspecified atom stereocenters. The molecule has 0 aliphatic carbocycles. The van der Waals surface area contributed by atoms with Gasteiger partial charge in [-0.05, 0) is 13.3 Å². The quantitative estimate of drug-likeness (QED) is 0.866. The van der Waals surface area contributed by atoms with Gasteiger partial charge in [-0.25, -0.2) is 9.97 Å². The van der Waals surface area contributed by atoms with Crippen molar-refractivity contribution in [1.82, 2.24) is 9.97 Å². The lowest BCUT2D eigenvalue weighted by molar-refractivity contribution is -0.144. The molecule has 0 aromatic carbocycles. The van der Waals surface area contributed by atoms with Crippen molar-refractivity contribution in [3.8, 4) is 0 Å². The van der Waals surface area contributed by atoms with Gasteiger partial charge in [0, 0.05) is 26.2 Å². The van der Waals surface area contributed by atoms with Gasteiger partial charge in [-0.3, -0.25) is 0 Å². The van der Waals surface area contributed by atoms with E-state index in [9.17, 15) is 13.2 Å². The fourth-order valence-electron chi connectivity index (χ4n) is 1.63. The standard InChI is InChI=1S/C12H19F3N4/c1-4-6-7-19(5-2)10-8-9(16-3)17-11(18-10)12(13,14)15/h8H,4-7H2,1-3H3,(H,16,17,18). The summed E-state index contributed by atoms with van der Waals surface area (Å²) in [6.45, 7) is 5.22. The monoisotopic (exact) mass is 276 g/mol. The molecule has 1 aromatic rings. The van der Waals surface area contributed by atoms with Crippen molar-refractivity contribution in [3.63, 3.8) is 0 Å². The SMILES string of the molecule is CCCCN(CC)c1cc(NC)nc(C(F)(F)F)n1. The summed E-state index contributed by atoms with van der Waals surface area (Å²) in [5, 5.41) is 2.64. The third-order valence-electron chi connectivity index (χ3n) is 2.71. The molecule has 1 heterocycles. The fraction of sp³-hybridized carbons (Fsp3) is 0.667. The van der Waals surface area contributed by atoms with Crippen molar-refractivity contribution in [2.75, 3.05) is 30.4 Å². The van der Waals surface area contributed by atoms with Crippen molar-refractivity contribution >= 4 is 11.6 Å². The second-order valence-corrected chi connectivity index (χ2v) is 4.12. The largest absolute Gasteiger partial charge is 0.451 e. The Morgan fingerprint density at radius 3 is 2.42 bits per heavy atom. The van der Waals surface area contributed by atoms with Crippen LogP contribution in [0.4, 0.5) is 24.8 Å². The average molecular weight is 276 g/mol. The third-order valence-corrected chi connectivity index (χ3v) is 2.71. The van der Waals surface area contributed by atoms with Crippen LogP contribution >= 0.6 is 0 Å². The predicted octanol–water partition coefficient (Wildman–Crippen LogP) is 3.16. The van der Waals surface area contributed by atoms with Gasteiger partial charge < -0.3 is 10.2 Å². The van der Waals surface area contributed by atoms with Crippen LogP contribution in [0.2, 0.25) is 0 Å². The lowest BCUT2D eigenvalue weighted by atomic mass is 10.3. The van der Waals surface area contributed by atoms with Crippen molar-refractivity contribution in [1.29, 1.82) is 0 Å². The lowest BCUT2D eigenvalue weighted by Gasteiger charge is -2.23. The maximum absolute atomic E-state index is 12.7. The number of aromatic nitrogens is 2. The van der Waals surface area contributed by atoms with Gasteiger partial charge in [0.2, 0.25) is 5.82 Å². The summed E-state index contributed by atoms with van der Waals surface area (Å²) in [5.41, 5.74) is 0. The van der Waals surface area contributed by atoms with Gasteiger partial charge >= 0.3 is 6.18 Å². The minimum atomic E-state index is -4.54. The van der Waals surface area contributed by atoms with E-state index in [1.807, 2.05) is 18.7 Å². The number of hydrogen-bond acceptors (Lipinski definition) is 4. The summed E-state index contributed by atoms with van der Waals surface area (Å²) in [7, 11) is 1.54. The van der Waals surface area contributed by atoms with Crippen molar-refractivity contribution in [2.24, 2.45) is 0 Å². The number of anilines is 2. The Morgan fingerprint density at radius 1 is 1.26 bits per heavy atom. The molecule has 0 bridgehead atoms. The van der Waals surface area contributed by atoms with Crippen molar-refractivity contribution < 1.29 is 13.2 Å². The van der Waals surface area contributed by atoms with Gasteiger partial charge in [0.25, 0.3) is 0 Å². The summed E-state index contributed by atoms with van der Waals surface area (Å²) in [6.07, 6.45) is -2.65. The zero-order valence-corrected chi connectivity index (χ0v) is 11.4. The number of nitrogens with one attached hydrogen (secondary N) is 1. The smallest absolute Gasteiger partial charge is 0.373 e. The molecule has 0 atom stereocenters. The molecule has 0 radical (unpaired) electrons. The average Bonchev–Trinajstić information content (AvgIpc) is 2.38. The van der Waals surface area contributed by atoms with E-state index in [1.165, 1.54) is 13.1 Å². The van der Waals surface area contributed by atoms with E-state index in [0.717, 1.165) is 12.8 Å². The molecule has 4 nitrogen and oxygen atoms in total. The molecule has 0 saturated carbocycles. The molecule has 1 rings (SSSR count). The molecule has 19 heavy (non-hydrogen) atoms. The van der Waals surface area contributed by atoms with Gasteiger partial charge in [-0.15, -0.1) is 0 Å². The van der Waals surface area contributed by atoms with E-state index in [4.69, 9.17) is 0 Å². The van der Waals surface area contributed by atoms with Crippen LogP contribution in [-0.2, 0) is 6.18 Å². The fourth-order valence-corrected chi connectivity index (χ4v) is 1.63. The first-order valence-corrected chi connectivity index (χ1v) is 6.31. The van der Waals surface area contributed by atoms with Gasteiger partial charge in [0.1, 0.15) is 11.6 Å². The van der Waals surface area contributed by atoms with E-state index in [1.54, 1.807) is 0 Å². The zero-order chi connectivity index (χ0) is 14.5. The van der Waals surface area contributed by atoms with Crippen LogP contribution in [0.3, 0.4) is 0 Å². The number of alkyl halides is 3. The van der Waals surface area contributed by atoms with Crippen LogP contribution in [0.5, 0.6) is 0 Å². The Labute approximate surface area is 111 Å². The molecule has 0 amide bonds. The highest BCUT2D eigenvalue weighted by Crippen LogP contribution is 2.29. The first kappa shape index (κ1) is 15.5. The van der Waals surface area contributed by atoms with Gasteiger partial charge in [0.15, 0.2) is 0 Å². The zero-order valence-electron chi connectivity index (χ0n) is 11.4. The second-order valence-electron chi connectivity index (χ2n) is 4.12. The minimum Gasteiger partial charge on any atom is -0.373 e. The molecule has 0 saturated heterocycles. The van der Waals surface area contributed by atoms with Crippen LogP contribution in [0, 0.1) is 0 Å². The predicted molar refractivity (Wildman–Crippen MR) is 69.4 cm³/mol. The maximum Gasteiger partial charge on any atom is 0.451 e. The minimum absolute atomic E-state index is 0.173. The maximum atomic E-state index is 12.7. The van der Waals surface area contributed by atoms with Gasteiger partial charge in [-0.2, -0.15) is 13.2 Å². The molecular weight excluding hydrogens is 257 g/mol. The van der Waals surface area contributed by atoms with Gasteiger partial charge in [0.05, 0.1) is 0 Å². The Balaban J connectivity index is 3.11. The van der Waals surface area contributed by atoms with Crippen LogP contribution in [-0.4, -0.2) is 30.1 Å². The molecule has 1 aromatic heterocycles. The van der Waals surface area contributed by atoms with E-state index in [2.05, 4.69) is 15.3 Å². The lowest BCUT2D eigenvalue weighted by Crippen LogP contribution is -2.26. The highest BCUT2D eigenvalue weighted by atomic mass is 19.4. The molecule has 0 aliphatic rings. The molecule has 0 spiro atoms. The summed E-state index contributed by atoms with van der Waals surface area (Å²) in [4.78, 5) is 8.89. The summed E-state index contributed by atoms with van der Waals surface area (Å²) >= 11 is 0.